The smallest absolute Gasteiger partial charge is 0.262 e. The Morgan fingerprint density at radius 1 is 0.923 bits per heavy atom. The molecule has 3 rings (SSSR count). The summed E-state index contributed by atoms with van der Waals surface area (Å²) in [7, 11) is 0.0222. The molecule has 3 N–H and O–H groups in total. The monoisotopic (exact) mass is 369 g/mol. The number of hydrogen-bond acceptors (Lipinski definition) is 4. The van der Waals surface area contributed by atoms with Crippen LogP contribution in [0, 0.1) is 0 Å². The summed E-state index contributed by atoms with van der Waals surface area (Å²) in [6, 6.07) is 16.7. The van der Waals surface area contributed by atoms with E-state index >= 15 is 0 Å². The summed E-state index contributed by atoms with van der Waals surface area (Å²) in [4.78, 5) is 13.3. The second-order valence-corrected chi connectivity index (χ2v) is 7.72. The van der Waals surface area contributed by atoms with Crippen molar-refractivity contribution in [1.82, 2.24) is 0 Å². The SMILES string of the molecule is CN(C)c1cccc2c(S(=O)(=O)Nc3ccc(C(N)=O)cc3)cccc12. The van der Waals surface area contributed by atoms with Crippen LogP contribution in [0.1, 0.15) is 10.4 Å². The number of fused-ring (bicyclic) bond motifs is 1. The summed E-state index contributed by atoms with van der Waals surface area (Å²) in [5, 5.41) is 1.49. The molecule has 0 saturated carbocycles. The molecule has 0 unspecified atom stereocenters. The highest BCUT2D eigenvalue weighted by Gasteiger charge is 2.18. The van der Waals surface area contributed by atoms with Crippen LogP contribution in [0.4, 0.5) is 11.4 Å². The first kappa shape index (κ1) is 17.8. The van der Waals surface area contributed by atoms with Crippen LogP contribution in [0.25, 0.3) is 10.8 Å². The van der Waals surface area contributed by atoms with Crippen LogP contribution in [-0.2, 0) is 10.0 Å². The van der Waals surface area contributed by atoms with Crippen LogP contribution in [0.15, 0.2) is 65.6 Å². The molecule has 3 aromatic rings. The third-order valence-electron chi connectivity index (χ3n) is 4.05. The number of anilines is 2. The van der Waals surface area contributed by atoms with Crippen LogP contribution in [0.5, 0.6) is 0 Å². The number of amides is 1. The number of hydrogen-bond donors (Lipinski definition) is 2. The Kier molecular flexibility index (Phi) is 4.56. The summed E-state index contributed by atoms with van der Waals surface area (Å²) in [5.41, 5.74) is 6.81. The van der Waals surface area contributed by atoms with Gasteiger partial charge in [-0.2, -0.15) is 0 Å². The maximum atomic E-state index is 12.9. The average Bonchev–Trinajstić information content (AvgIpc) is 2.60. The minimum atomic E-state index is -3.80. The fourth-order valence-corrected chi connectivity index (χ4v) is 4.08. The molecule has 134 valence electrons. The molecule has 7 heteroatoms. The van der Waals surface area contributed by atoms with E-state index in [1.54, 1.807) is 18.2 Å². The Morgan fingerprint density at radius 2 is 1.54 bits per heavy atom. The van der Waals surface area contributed by atoms with Gasteiger partial charge in [0.05, 0.1) is 4.90 Å². The average molecular weight is 369 g/mol. The van der Waals surface area contributed by atoms with Crippen LogP contribution in [-0.4, -0.2) is 28.4 Å². The van der Waals surface area contributed by atoms with E-state index in [9.17, 15) is 13.2 Å². The van der Waals surface area contributed by atoms with Gasteiger partial charge in [0.15, 0.2) is 0 Å². The maximum Gasteiger partial charge on any atom is 0.262 e. The fraction of sp³-hybridized carbons (Fsp3) is 0.105. The van der Waals surface area contributed by atoms with Crippen molar-refractivity contribution >= 4 is 38.1 Å². The molecule has 0 heterocycles. The van der Waals surface area contributed by atoms with Crippen LogP contribution >= 0.6 is 0 Å². The Bertz CT molecular complexity index is 1070. The van der Waals surface area contributed by atoms with Gasteiger partial charge in [-0.25, -0.2) is 8.42 Å². The Morgan fingerprint density at radius 3 is 2.15 bits per heavy atom. The molecule has 0 aromatic heterocycles. The molecule has 0 spiro atoms. The number of carbonyl (C=O) groups excluding carboxylic acids is 1. The van der Waals surface area contributed by atoms with Gasteiger partial charge in [-0.1, -0.05) is 24.3 Å². The minimum absolute atomic E-state index is 0.192. The van der Waals surface area contributed by atoms with Crippen molar-refractivity contribution in [2.75, 3.05) is 23.7 Å². The molecule has 0 atom stereocenters. The first-order valence-electron chi connectivity index (χ1n) is 7.91. The molecule has 26 heavy (non-hydrogen) atoms. The van der Waals surface area contributed by atoms with Crippen LogP contribution < -0.4 is 15.4 Å². The van der Waals surface area contributed by atoms with Gasteiger partial charge in [0.2, 0.25) is 5.91 Å². The summed E-state index contributed by atoms with van der Waals surface area (Å²) in [6.45, 7) is 0. The van der Waals surface area contributed by atoms with Crippen LogP contribution in [0.3, 0.4) is 0 Å². The van der Waals surface area contributed by atoms with E-state index in [0.29, 0.717) is 16.6 Å². The molecule has 0 saturated heterocycles. The number of nitrogens with zero attached hydrogens (tertiary/aromatic N) is 1. The van der Waals surface area contributed by atoms with Gasteiger partial charge in [-0.3, -0.25) is 9.52 Å². The molecule has 0 aliphatic rings. The minimum Gasteiger partial charge on any atom is -0.377 e. The van der Waals surface area contributed by atoms with Gasteiger partial charge in [0, 0.05) is 41.8 Å². The number of benzene rings is 3. The predicted molar refractivity (Wildman–Crippen MR) is 104 cm³/mol. The van der Waals surface area contributed by atoms with Gasteiger partial charge >= 0.3 is 0 Å². The molecule has 1 amide bonds. The summed E-state index contributed by atoms with van der Waals surface area (Å²) in [5.74, 6) is -0.565. The zero-order valence-corrected chi connectivity index (χ0v) is 15.2. The number of primary amides is 1. The Balaban J connectivity index is 2.04. The Hall–Kier alpha value is -3.06. The van der Waals surface area contributed by atoms with E-state index in [1.165, 1.54) is 24.3 Å². The predicted octanol–water partition coefficient (Wildman–Crippen LogP) is 2.81. The lowest BCUT2D eigenvalue weighted by atomic mass is 10.1. The fourth-order valence-electron chi connectivity index (χ4n) is 2.80. The first-order valence-corrected chi connectivity index (χ1v) is 9.39. The zero-order chi connectivity index (χ0) is 18.9. The quantitative estimate of drug-likeness (QED) is 0.723. The number of carbonyl (C=O) groups is 1. The number of nitrogens with two attached hydrogens (primary N) is 1. The summed E-state index contributed by atoms with van der Waals surface area (Å²) < 4.78 is 28.3. The third-order valence-corrected chi connectivity index (χ3v) is 5.49. The number of sulfonamides is 1. The van der Waals surface area contributed by atoms with Crippen molar-refractivity contribution < 1.29 is 13.2 Å². The van der Waals surface area contributed by atoms with Crippen molar-refractivity contribution in [3.8, 4) is 0 Å². The first-order chi connectivity index (χ1) is 12.3. The molecule has 6 nitrogen and oxygen atoms in total. The molecular weight excluding hydrogens is 350 g/mol. The molecule has 0 radical (unpaired) electrons. The van der Waals surface area contributed by atoms with Crippen molar-refractivity contribution in [3.05, 3.63) is 66.2 Å². The van der Waals surface area contributed by atoms with Crippen molar-refractivity contribution in [3.63, 3.8) is 0 Å². The zero-order valence-electron chi connectivity index (χ0n) is 14.4. The lowest BCUT2D eigenvalue weighted by Gasteiger charge is -2.17. The maximum absolute atomic E-state index is 12.9. The van der Waals surface area contributed by atoms with Gasteiger partial charge < -0.3 is 10.6 Å². The van der Waals surface area contributed by atoms with Crippen molar-refractivity contribution in [2.24, 2.45) is 5.73 Å². The number of nitrogens with one attached hydrogen (secondary N) is 1. The highest BCUT2D eigenvalue weighted by atomic mass is 32.2. The van der Waals surface area contributed by atoms with E-state index in [2.05, 4.69) is 4.72 Å². The van der Waals surface area contributed by atoms with Crippen molar-refractivity contribution in [1.29, 1.82) is 0 Å². The molecular formula is C19H19N3O3S. The van der Waals surface area contributed by atoms with E-state index < -0.39 is 15.9 Å². The third kappa shape index (κ3) is 3.34. The summed E-state index contributed by atoms with van der Waals surface area (Å²) in [6.07, 6.45) is 0. The van der Waals surface area contributed by atoms with E-state index in [4.69, 9.17) is 5.73 Å². The number of rotatable bonds is 5. The van der Waals surface area contributed by atoms with E-state index in [1.807, 2.05) is 37.2 Å². The lowest BCUT2D eigenvalue weighted by molar-refractivity contribution is 0.100. The molecule has 0 fully saturated rings. The molecule has 3 aromatic carbocycles. The van der Waals surface area contributed by atoms with Gasteiger partial charge in [-0.05, 0) is 36.4 Å². The normalized spacial score (nSPS) is 11.3. The lowest BCUT2D eigenvalue weighted by Crippen LogP contribution is -2.15. The highest BCUT2D eigenvalue weighted by Crippen LogP contribution is 2.31. The highest BCUT2D eigenvalue weighted by molar-refractivity contribution is 7.93. The Labute approximate surface area is 152 Å². The topological polar surface area (TPSA) is 92.5 Å². The molecule has 0 aliphatic heterocycles. The second kappa shape index (κ2) is 6.68. The van der Waals surface area contributed by atoms with Gasteiger partial charge in [-0.15, -0.1) is 0 Å². The van der Waals surface area contributed by atoms with Gasteiger partial charge in [0.1, 0.15) is 0 Å². The standard InChI is InChI=1S/C19H19N3O3S/c1-22(2)17-7-3-6-16-15(17)5-4-8-18(16)26(24,25)21-14-11-9-13(10-12-14)19(20)23/h3-12,21H,1-2H3,(H2,20,23). The van der Waals surface area contributed by atoms with Gasteiger partial charge in [0.25, 0.3) is 10.0 Å². The van der Waals surface area contributed by atoms with E-state index in [-0.39, 0.29) is 4.90 Å². The largest absolute Gasteiger partial charge is 0.377 e. The van der Waals surface area contributed by atoms with Crippen molar-refractivity contribution in [2.45, 2.75) is 4.90 Å². The molecule has 0 aliphatic carbocycles. The summed E-state index contributed by atoms with van der Waals surface area (Å²) >= 11 is 0. The van der Waals surface area contributed by atoms with E-state index in [0.717, 1.165) is 11.1 Å². The van der Waals surface area contributed by atoms with Crippen LogP contribution in [0.2, 0.25) is 0 Å². The molecule has 0 bridgehead atoms. The second-order valence-electron chi connectivity index (χ2n) is 6.07.